The minimum Gasteiger partial charge on any atom is -0.394 e. The second kappa shape index (κ2) is 15.0. The fourth-order valence-corrected chi connectivity index (χ4v) is 4.95. The van der Waals surface area contributed by atoms with Gasteiger partial charge in [-0.2, -0.15) is 0 Å². The van der Waals surface area contributed by atoms with Crippen LogP contribution in [-0.2, 0) is 28.8 Å². The van der Waals surface area contributed by atoms with Crippen molar-refractivity contribution in [3.63, 3.8) is 0 Å². The summed E-state index contributed by atoms with van der Waals surface area (Å²) < 4.78 is 0. The number of rotatable bonds is 6. The van der Waals surface area contributed by atoms with Crippen molar-refractivity contribution in [2.75, 3.05) is 19.7 Å². The van der Waals surface area contributed by atoms with Gasteiger partial charge < -0.3 is 36.6 Å². The smallest absolute Gasteiger partial charge is 0.245 e. The molecular formula is C27H46N6O7. The number of hydrogen-bond donors (Lipinski definition) is 6. The Bertz CT molecular complexity index is 954. The predicted molar refractivity (Wildman–Crippen MR) is 146 cm³/mol. The SMILES string of the molecule is CC(C)C[C@@H]1NC(=O)CNC(=O)[C@H](CO)NC(=O)[C@@H]2CCCN2C(=O)[C@H](CC(C)C)NC(=O)[C@H](C(C)C)NC1=O. The molecule has 0 spiro atoms. The van der Waals surface area contributed by atoms with E-state index in [1.165, 1.54) is 4.90 Å². The number of hydrogen-bond acceptors (Lipinski definition) is 7. The third-order valence-electron chi connectivity index (χ3n) is 7.00. The van der Waals surface area contributed by atoms with Crippen molar-refractivity contribution < 1.29 is 33.9 Å². The highest BCUT2D eigenvalue weighted by Gasteiger charge is 2.40. The first-order chi connectivity index (χ1) is 18.7. The molecule has 226 valence electrons. The minimum absolute atomic E-state index is 0.0188. The van der Waals surface area contributed by atoms with Gasteiger partial charge in [0.1, 0.15) is 30.2 Å². The maximum absolute atomic E-state index is 13.7. The maximum Gasteiger partial charge on any atom is 0.245 e. The van der Waals surface area contributed by atoms with Gasteiger partial charge >= 0.3 is 0 Å². The zero-order valence-corrected chi connectivity index (χ0v) is 24.4. The highest BCUT2D eigenvalue weighted by molar-refractivity contribution is 5.97. The van der Waals surface area contributed by atoms with Gasteiger partial charge in [0.25, 0.3) is 0 Å². The molecule has 0 aromatic rings. The predicted octanol–water partition coefficient (Wildman–Crippen LogP) is -1.21. The summed E-state index contributed by atoms with van der Waals surface area (Å²) in [5.41, 5.74) is 0. The Morgan fingerprint density at radius 2 is 1.35 bits per heavy atom. The lowest BCUT2D eigenvalue weighted by molar-refractivity contribution is -0.143. The van der Waals surface area contributed by atoms with Gasteiger partial charge in [-0.05, 0) is 43.4 Å². The molecule has 0 aromatic heterocycles. The molecule has 2 aliphatic heterocycles. The van der Waals surface area contributed by atoms with Crippen LogP contribution in [-0.4, -0.2) is 95.4 Å². The van der Waals surface area contributed by atoms with Crippen LogP contribution in [0.5, 0.6) is 0 Å². The summed E-state index contributed by atoms with van der Waals surface area (Å²) in [6.45, 7) is 10.2. The Balaban J connectivity index is 2.46. The fourth-order valence-electron chi connectivity index (χ4n) is 4.95. The lowest BCUT2D eigenvalue weighted by Crippen LogP contribution is -2.61. The lowest BCUT2D eigenvalue weighted by atomic mass is 9.98. The molecule has 6 amide bonds. The van der Waals surface area contributed by atoms with Gasteiger partial charge in [-0.25, -0.2) is 0 Å². The Hall–Kier alpha value is -3.22. The van der Waals surface area contributed by atoms with Crippen LogP contribution in [0, 0.1) is 17.8 Å². The molecule has 40 heavy (non-hydrogen) atoms. The van der Waals surface area contributed by atoms with Gasteiger partial charge in [0.2, 0.25) is 35.4 Å². The summed E-state index contributed by atoms with van der Waals surface area (Å²) in [5, 5.41) is 22.8. The lowest BCUT2D eigenvalue weighted by Gasteiger charge is -2.32. The zero-order valence-electron chi connectivity index (χ0n) is 24.4. The van der Waals surface area contributed by atoms with Crippen molar-refractivity contribution in [1.29, 1.82) is 0 Å². The molecule has 6 N–H and O–H groups in total. The molecule has 0 bridgehead atoms. The molecule has 0 aliphatic carbocycles. The minimum atomic E-state index is -1.34. The van der Waals surface area contributed by atoms with Crippen LogP contribution in [0.1, 0.15) is 67.2 Å². The van der Waals surface area contributed by atoms with E-state index in [2.05, 4.69) is 26.6 Å². The van der Waals surface area contributed by atoms with Crippen LogP contribution in [0.4, 0.5) is 0 Å². The molecule has 0 unspecified atom stereocenters. The third-order valence-corrected chi connectivity index (χ3v) is 7.00. The second-order valence-corrected chi connectivity index (χ2v) is 11.8. The van der Waals surface area contributed by atoms with E-state index in [0.29, 0.717) is 25.8 Å². The van der Waals surface area contributed by atoms with Gasteiger partial charge in [0.15, 0.2) is 0 Å². The molecule has 5 atom stereocenters. The molecule has 13 heteroatoms. The van der Waals surface area contributed by atoms with Gasteiger partial charge in [-0.1, -0.05) is 41.5 Å². The number of nitrogens with zero attached hydrogens (tertiary/aromatic N) is 1. The van der Waals surface area contributed by atoms with Crippen LogP contribution in [0.25, 0.3) is 0 Å². The Morgan fingerprint density at radius 3 is 1.93 bits per heavy atom. The second-order valence-electron chi connectivity index (χ2n) is 11.8. The molecule has 13 nitrogen and oxygen atoms in total. The van der Waals surface area contributed by atoms with Crippen LogP contribution in [0.15, 0.2) is 0 Å². The van der Waals surface area contributed by atoms with E-state index in [1.807, 2.05) is 27.7 Å². The summed E-state index contributed by atoms with van der Waals surface area (Å²) in [7, 11) is 0. The number of carbonyl (C=O) groups excluding carboxylic acids is 6. The molecular weight excluding hydrogens is 520 g/mol. The summed E-state index contributed by atoms with van der Waals surface area (Å²) in [6.07, 6.45) is 1.48. The maximum atomic E-state index is 13.7. The quantitative estimate of drug-likeness (QED) is 0.233. The average Bonchev–Trinajstić information content (AvgIpc) is 3.36. The largest absolute Gasteiger partial charge is 0.394 e. The number of amides is 6. The van der Waals surface area contributed by atoms with Crippen molar-refractivity contribution >= 4 is 35.4 Å². The standard InChI is InChI=1S/C27H46N6O7/c1-14(2)10-17-24(37)32-22(16(5)6)26(39)30-18(11-15(3)4)27(40)33-9-7-8-20(33)25(38)31-19(13-34)23(36)28-12-21(35)29-17/h14-20,22,34H,7-13H2,1-6H3,(H,28,36)(H,29,35)(H,30,39)(H,31,38)(H,32,37)/t17-,18-,19-,20-,22-/m0/s1. The molecule has 0 saturated carbocycles. The Morgan fingerprint density at radius 1 is 0.750 bits per heavy atom. The van der Waals surface area contributed by atoms with Crippen molar-refractivity contribution in [1.82, 2.24) is 31.5 Å². The molecule has 0 radical (unpaired) electrons. The van der Waals surface area contributed by atoms with Crippen LogP contribution in [0.2, 0.25) is 0 Å². The van der Waals surface area contributed by atoms with Crippen molar-refractivity contribution in [3.8, 4) is 0 Å². The Labute approximate surface area is 235 Å². The average molecular weight is 567 g/mol. The molecule has 2 rings (SSSR count). The normalized spacial score (nSPS) is 27.9. The topological polar surface area (TPSA) is 186 Å². The van der Waals surface area contributed by atoms with E-state index in [9.17, 15) is 33.9 Å². The highest BCUT2D eigenvalue weighted by atomic mass is 16.3. The van der Waals surface area contributed by atoms with E-state index < -0.39 is 78.8 Å². The van der Waals surface area contributed by atoms with Crippen molar-refractivity contribution in [3.05, 3.63) is 0 Å². The van der Waals surface area contributed by atoms with Crippen LogP contribution < -0.4 is 26.6 Å². The third kappa shape index (κ3) is 9.17. The first-order valence-corrected chi connectivity index (χ1v) is 14.1. The van der Waals surface area contributed by atoms with Gasteiger partial charge in [0, 0.05) is 6.54 Å². The highest BCUT2D eigenvalue weighted by Crippen LogP contribution is 2.21. The molecule has 2 heterocycles. The van der Waals surface area contributed by atoms with E-state index in [-0.39, 0.29) is 24.2 Å². The number of aliphatic hydroxyl groups excluding tert-OH is 1. The van der Waals surface area contributed by atoms with E-state index >= 15 is 0 Å². The zero-order chi connectivity index (χ0) is 30.1. The number of fused-ring (bicyclic) bond motifs is 1. The van der Waals surface area contributed by atoms with Gasteiger partial charge in [0.05, 0.1) is 13.2 Å². The van der Waals surface area contributed by atoms with Crippen LogP contribution >= 0.6 is 0 Å². The van der Waals surface area contributed by atoms with Crippen molar-refractivity contribution in [2.24, 2.45) is 17.8 Å². The molecule has 0 aromatic carbocycles. The summed E-state index contributed by atoms with van der Waals surface area (Å²) in [4.78, 5) is 80.2. The molecule has 2 saturated heterocycles. The first-order valence-electron chi connectivity index (χ1n) is 14.1. The monoisotopic (exact) mass is 566 g/mol. The number of carbonyl (C=O) groups is 6. The van der Waals surface area contributed by atoms with Crippen molar-refractivity contribution in [2.45, 2.75) is 97.4 Å². The fraction of sp³-hybridized carbons (Fsp3) is 0.778. The number of aliphatic hydroxyl groups is 1. The van der Waals surface area contributed by atoms with E-state index in [0.717, 1.165) is 0 Å². The summed E-state index contributed by atoms with van der Waals surface area (Å²) in [6, 6.07) is -5.14. The summed E-state index contributed by atoms with van der Waals surface area (Å²) in [5.74, 6) is -3.84. The molecule has 2 fully saturated rings. The van der Waals surface area contributed by atoms with Gasteiger partial charge in [-0.3, -0.25) is 28.8 Å². The number of nitrogens with one attached hydrogen (secondary N) is 5. The first kappa shape index (κ1) is 33.0. The van der Waals surface area contributed by atoms with Gasteiger partial charge in [-0.15, -0.1) is 0 Å². The van der Waals surface area contributed by atoms with E-state index in [4.69, 9.17) is 0 Å². The summed E-state index contributed by atoms with van der Waals surface area (Å²) >= 11 is 0. The van der Waals surface area contributed by atoms with Crippen LogP contribution in [0.3, 0.4) is 0 Å². The molecule has 2 aliphatic rings. The van der Waals surface area contributed by atoms with E-state index in [1.54, 1.807) is 13.8 Å². The Kier molecular flexibility index (Phi) is 12.3.